The highest BCUT2D eigenvalue weighted by molar-refractivity contribution is 8.13. The van der Waals surface area contributed by atoms with E-state index in [1.54, 1.807) is 0 Å². The summed E-state index contributed by atoms with van der Waals surface area (Å²) in [5.41, 5.74) is -1.17. The van der Waals surface area contributed by atoms with Gasteiger partial charge >= 0.3 is 6.18 Å². The average Bonchev–Trinajstić information content (AvgIpc) is 2.22. The van der Waals surface area contributed by atoms with Crippen LogP contribution in [-0.4, -0.2) is 10.9 Å². The Morgan fingerprint density at radius 1 is 1.39 bits per heavy atom. The van der Waals surface area contributed by atoms with E-state index < -0.39 is 17.6 Å². The Hall–Kier alpha value is -1.48. The fourth-order valence-electron chi connectivity index (χ4n) is 1.10. The maximum atomic E-state index is 13.1. The van der Waals surface area contributed by atoms with Crippen LogP contribution in [0.25, 0.3) is 0 Å². The largest absolute Gasteiger partial charge is 0.419 e. The van der Waals surface area contributed by atoms with E-state index in [1.807, 2.05) is 0 Å². The van der Waals surface area contributed by atoms with Crippen molar-refractivity contribution in [2.75, 3.05) is 5.75 Å². The third-order valence-electron chi connectivity index (χ3n) is 1.85. The molecule has 0 heterocycles. The number of benzene rings is 1. The molecule has 6 heteroatoms. The third kappa shape index (κ3) is 4.41. The maximum Gasteiger partial charge on any atom is 0.419 e. The van der Waals surface area contributed by atoms with Crippen LogP contribution in [0.4, 0.5) is 17.6 Å². The average molecular weight is 276 g/mol. The smallest absolute Gasteiger partial charge is 0.288 e. The van der Waals surface area contributed by atoms with Crippen LogP contribution in [0, 0.1) is 17.7 Å². The third-order valence-corrected chi connectivity index (χ3v) is 2.55. The summed E-state index contributed by atoms with van der Waals surface area (Å²) in [5, 5.41) is -0.108. The van der Waals surface area contributed by atoms with Crippen molar-refractivity contribution in [3.63, 3.8) is 0 Å². The molecule has 0 radical (unpaired) electrons. The first kappa shape index (κ1) is 14.6. The second kappa shape index (κ2) is 5.91. The highest BCUT2D eigenvalue weighted by Crippen LogP contribution is 2.31. The quantitative estimate of drug-likeness (QED) is 0.577. The Kier molecular flexibility index (Phi) is 4.79. The van der Waals surface area contributed by atoms with Gasteiger partial charge in [-0.3, -0.25) is 4.79 Å². The first-order valence-corrected chi connectivity index (χ1v) is 5.78. The standard InChI is InChI=1S/C12H8F4OS/c1-8(17)18-6-2-3-9-4-5-10(11(13)7-9)12(14,15)16/h4-5,7H,6H2,1H3. The summed E-state index contributed by atoms with van der Waals surface area (Å²) in [7, 11) is 0. The van der Waals surface area contributed by atoms with E-state index >= 15 is 0 Å². The van der Waals surface area contributed by atoms with Gasteiger partial charge in [0.15, 0.2) is 5.12 Å². The number of halogens is 4. The van der Waals surface area contributed by atoms with Crippen LogP contribution >= 0.6 is 11.8 Å². The number of carbonyl (C=O) groups excluding carboxylic acids is 1. The van der Waals surface area contributed by atoms with E-state index in [4.69, 9.17) is 0 Å². The van der Waals surface area contributed by atoms with Gasteiger partial charge in [0.2, 0.25) is 0 Å². The number of hydrogen-bond donors (Lipinski definition) is 0. The van der Waals surface area contributed by atoms with E-state index in [2.05, 4.69) is 11.8 Å². The van der Waals surface area contributed by atoms with Crippen molar-refractivity contribution in [3.8, 4) is 11.8 Å². The molecule has 0 N–H and O–H groups in total. The van der Waals surface area contributed by atoms with Crippen LogP contribution in [-0.2, 0) is 11.0 Å². The molecule has 0 amide bonds. The maximum absolute atomic E-state index is 13.1. The first-order valence-electron chi connectivity index (χ1n) is 4.79. The van der Waals surface area contributed by atoms with Gasteiger partial charge in [0.25, 0.3) is 0 Å². The van der Waals surface area contributed by atoms with Gasteiger partial charge in [-0.2, -0.15) is 13.2 Å². The minimum absolute atomic E-state index is 0.108. The van der Waals surface area contributed by atoms with Crippen molar-refractivity contribution in [1.82, 2.24) is 0 Å². The number of carbonyl (C=O) groups is 1. The summed E-state index contributed by atoms with van der Waals surface area (Å²) in [6.45, 7) is 1.38. The molecule has 0 bridgehead atoms. The molecule has 0 unspecified atom stereocenters. The molecule has 18 heavy (non-hydrogen) atoms. The van der Waals surface area contributed by atoms with E-state index in [0.29, 0.717) is 6.07 Å². The first-order chi connectivity index (χ1) is 8.30. The van der Waals surface area contributed by atoms with Gasteiger partial charge in [0, 0.05) is 12.5 Å². The van der Waals surface area contributed by atoms with Gasteiger partial charge in [-0.1, -0.05) is 23.6 Å². The van der Waals surface area contributed by atoms with Gasteiger partial charge in [-0.15, -0.1) is 0 Å². The Morgan fingerprint density at radius 2 is 2.06 bits per heavy atom. The molecule has 0 atom stereocenters. The van der Waals surface area contributed by atoms with Crippen LogP contribution in [0.3, 0.4) is 0 Å². The molecule has 1 nitrogen and oxygen atoms in total. The second-order valence-corrected chi connectivity index (χ2v) is 4.43. The molecule has 0 aromatic heterocycles. The molecule has 0 aliphatic heterocycles. The normalized spacial score (nSPS) is 10.7. The van der Waals surface area contributed by atoms with E-state index in [0.717, 1.165) is 23.9 Å². The second-order valence-electron chi connectivity index (χ2n) is 3.27. The summed E-state index contributed by atoms with van der Waals surface area (Å²) in [4.78, 5) is 10.6. The minimum Gasteiger partial charge on any atom is -0.288 e. The lowest BCUT2D eigenvalue weighted by molar-refractivity contribution is -0.140. The predicted octanol–water partition coefficient (Wildman–Crippen LogP) is 3.48. The van der Waals surface area contributed by atoms with Crippen molar-refractivity contribution in [2.45, 2.75) is 13.1 Å². The highest BCUT2D eigenvalue weighted by atomic mass is 32.2. The van der Waals surface area contributed by atoms with Crippen molar-refractivity contribution >= 4 is 16.9 Å². The molecule has 0 spiro atoms. The van der Waals surface area contributed by atoms with Crippen molar-refractivity contribution in [3.05, 3.63) is 35.1 Å². The minimum atomic E-state index is -4.71. The molecule has 1 aromatic carbocycles. The zero-order valence-electron chi connectivity index (χ0n) is 9.27. The summed E-state index contributed by atoms with van der Waals surface area (Å²) < 4.78 is 49.9. The summed E-state index contributed by atoms with van der Waals surface area (Å²) >= 11 is 0.976. The van der Waals surface area contributed by atoms with E-state index in [9.17, 15) is 22.4 Å². The van der Waals surface area contributed by atoms with E-state index in [-0.39, 0.29) is 16.4 Å². The molecule has 96 valence electrons. The van der Waals surface area contributed by atoms with Crippen LogP contribution < -0.4 is 0 Å². The number of alkyl halides is 3. The Bertz CT molecular complexity index is 511. The Balaban J connectivity index is 2.82. The van der Waals surface area contributed by atoms with Crippen LogP contribution in [0.5, 0.6) is 0 Å². The number of hydrogen-bond acceptors (Lipinski definition) is 2. The molecule has 0 saturated heterocycles. The van der Waals surface area contributed by atoms with Gasteiger partial charge in [-0.25, -0.2) is 4.39 Å². The Labute approximate surface area is 106 Å². The number of rotatable bonds is 1. The summed E-state index contributed by atoms with van der Waals surface area (Å²) in [5.74, 6) is 3.92. The summed E-state index contributed by atoms with van der Waals surface area (Å²) in [6.07, 6.45) is -4.71. The predicted molar refractivity (Wildman–Crippen MR) is 61.4 cm³/mol. The molecular weight excluding hydrogens is 268 g/mol. The van der Waals surface area contributed by atoms with Crippen molar-refractivity contribution in [1.29, 1.82) is 0 Å². The van der Waals surface area contributed by atoms with Gasteiger partial charge in [-0.05, 0) is 18.2 Å². The van der Waals surface area contributed by atoms with Crippen LogP contribution in [0.2, 0.25) is 0 Å². The molecule has 1 aromatic rings. The zero-order chi connectivity index (χ0) is 13.8. The molecule has 0 aliphatic rings. The van der Waals surface area contributed by atoms with Crippen LogP contribution in [0.15, 0.2) is 18.2 Å². The van der Waals surface area contributed by atoms with Gasteiger partial charge < -0.3 is 0 Å². The van der Waals surface area contributed by atoms with E-state index in [1.165, 1.54) is 6.92 Å². The molecule has 0 saturated carbocycles. The Morgan fingerprint density at radius 3 is 2.56 bits per heavy atom. The number of thioether (sulfide) groups is 1. The lowest BCUT2D eigenvalue weighted by Crippen LogP contribution is -2.07. The molecule has 1 rings (SSSR count). The summed E-state index contributed by atoms with van der Waals surface area (Å²) in [6, 6.07) is 2.48. The van der Waals surface area contributed by atoms with Crippen LogP contribution in [0.1, 0.15) is 18.1 Å². The lowest BCUT2D eigenvalue weighted by Gasteiger charge is -2.07. The topological polar surface area (TPSA) is 17.1 Å². The van der Waals surface area contributed by atoms with Gasteiger partial charge in [0.05, 0.1) is 11.3 Å². The molecule has 0 aliphatic carbocycles. The SMILES string of the molecule is CC(=O)SCC#Cc1ccc(C(F)(F)F)c(F)c1. The van der Waals surface area contributed by atoms with Crippen molar-refractivity contribution < 1.29 is 22.4 Å². The molecule has 0 fully saturated rings. The van der Waals surface area contributed by atoms with Crippen molar-refractivity contribution in [2.24, 2.45) is 0 Å². The monoisotopic (exact) mass is 276 g/mol. The zero-order valence-corrected chi connectivity index (χ0v) is 10.1. The highest BCUT2D eigenvalue weighted by Gasteiger charge is 2.33. The van der Waals surface area contributed by atoms with Gasteiger partial charge in [0.1, 0.15) is 5.82 Å². The molecular formula is C12H8F4OS. The fourth-order valence-corrected chi connectivity index (χ4v) is 1.45. The fraction of sp³-hybridized carbons (Fsp3) is 0.250. The lowest BCUT2D eigenvalue weighted by atomic mass is 10.1.